The number of nitrogens with zero attached hydrogens (tertiary/aromatic N) is 1. The third kappa shape index (κ3) is 3.57. The Labute approximate surface area is 116 Å². The highest BCUT2D eigenvalue weighted by Gasteiger charge is 2.12. The van der Waals surface area contributed by atoms with Crippen molar-refractivity contribution in [3.63, 3.8) is 0 Å². The topological polar surface area (TPSA) is 22.1 Å². The fourth-order valence-corrected chi connectivity index (χ4v) is 1.89. The van der Waals surface area contributed by atoms with Crippen LogP contribution < -0.4 is 4.74 Å². The van der Waals surface area contributed by atoms with Crippen molar-refractivity contribution in [1.29, 1.82) is 0 Å². The fraction of sp³-hybridized carbons (Fsp3) is 0.267. The van der Waals surface area contributed by atoms with E-state index in [1.807, 2.05) is 45.2 Å². The lowest BCUT2D eigenvalue weighted by molar-refractivity contribution is 0.130. The van der Waals surface area contributed by atoms with Gasteiger partial charge in [0.2, 0.25) is 0 Å². The molecule has 18 heavy (non-hydrogen) atoms. The van der Waals surface area contributed by atoms with E-state index in [1.54, 1.807) is 6.20 Å². The van der Waals surface area contributed by atoms with Gasteiger partial charge >= 0.3 is 0 Å². The van der Waals surface area contributed by atoms with E-state index < -0.39 is 0 Å². The van der Waals surface area contributed by atoms with E-state index in [1.165, 1.54) is 0 Å². The minimum Gasteiger partial charge on any atom is -0.487 e. The van der Waals surface area contributed by atoms with Crippen LogP contribution >= 0.6 is 15.9 Å². The Morgan fingerprint density at radius 3 is 2.28 bits per heavy atom. The van der Waals surface area contributed by atoms with Crippen molar-refractivity contribution in [2.75, 3.05) is 0 Å². The van der Waals surface area contributed by atoms with Gasteiger partial charge in [0.1, 0.15) is 11.4 Å². The minimum atomic E-state index is -0.208. The summed E-state index contributed by atoms with van der Waals surface area (Å²) in [4.78, 5) is 4.23. The molecule has 0 N–H and O–H groups in total. The first-order valence-electron chi connectivity index (χ1n) is 5.84. The van der Waals surface area contributed by atoms with Crippen LogP contribution in [0.3, 0.4) is 0 Å². The lowest BCUT2D eigenvalue weighted by atomic mass is 10.1. The van der Waals surface area contributed by atoms with Crippen molar-refractivity contribution in [3.05, 3.63) is 47.2 Å². The molecule has 0 bridgehead atoms. The van der Waals surface area contributed by atoms with Crippen LogP contribution in [0.1, 0.15) is 20.8 Å². The molecule has 0 saturated carbocycles. The van der Waals surface area contributed by atoms with Gasteiger partial charge in [-0.05, 0) is 44.5 Å². The Bertz CT molecular complexity index is 529. The predicted molar refractivity (Wildman–Crippen MR) is 77.8 cm³/mol. The number of ether oxygens (including phenoxy) is 1. The van der Waals surface area contributed by atoms with E-state index in [0.717, 1.165) is 21.3 Å². The highest BCUT2D eigenvalue weighted by molar-refractivity contribution is 9.10. The van der Waals surface area contributed by atoms with Crippen LogP contribution in [0.15, 0.2) is 47.2 Å². The van der Waals surface area contributed by atoms with Gasteiger partial charge in [0.15, 0.2) is 0 Å². The fourth-order valence-electron chi connectivity index (χ4n) is 1.63. The van der Waals surface area contributed by atoms with Crippen LogP contribution in [0.5, 0.6) is 5.75 Å². The van der Waals surface area contributed by atoms with Crippen molar-refractivity contribution in [2.45, 2.75) is 26.4 Å². The third-order valence-electron chi connectivity index (χ3n) is 2.31. The first-order valence-corrected chi connectivity index (χ1v) is 6.63. The van der Waals surface area contributed by atoms with Crippen LogP contribution in [-0.2, 0) is 0 Å². The van der Waals surface area contributed by atoms with E-state index in [-0.39, 0.29) is 5.60 Å². The lowest BCUT2D eigenvalue weighted by Gasteiger charge is -2.21. The maximum absolute atomic E-state index is 5.82. The zero-order chi connectivity index (χ0) is 13.2. The average molecular weight is 306 g/mol. The van der Waals surface area contributed by atoms with Crippen LogP contribution in [0.25, 0.3) is 11.1 Å². The van der Waals surface area contributed by atoms with E-state index in [0.29, 0.717) is 0 Å². The van der Waals surface area contributed by atoms with Crippen molar-refractivity contribution in [1.82, 2.24) is 4.98 Å². The molecule has 94 valence electrons. The Morgan fingerprint density at radius 1 is 1.00 bits per heavy atom. The van der Waals surface area contributed by atoms with E-state index >= 15 is 0 Å². The molecule has 2 rings (SSSR count). The van der Waals surface area contributed by atoms with Crippen LogP contribution in [0.2, 0.25) is 0 Å². The molecule has 0 saturated heterocycles. The number of halogens is 1. The zero-order valence-corrected chi connectivity index (χ0v) is 12.4. The molecule has 0 atom stereocenters. The van der Waals surface area contributed by atoms with Gasteiger partial charge < -0.3 is 4.74 Å². The number of hydrogen-bond donors (Lipinski definition) is 0. The molecule has 0 aliphatic heterocycles. The molecule has 0 radical (unpaired) electrons. The molecule has 1 heterocycles. The summed E-state index contributed by atoms with van der Waals surface area (Å²) in [6, 6.07) is 10.2. The van der Waals surface area contributed by atoms with Gasteiger partial charge in [-0.2, -0.15) is 0 Å². The Morgan fingerprint density at radius 2 is 1.67 bits per heavy atom. The Hall–Kier alpha value is -1.35. The lowest BCUT2D eigenvalue weighted by Crippen LogP contribution is -2.22. The third-order valence-corrected chi connectivity index (χ3v) is 2.84. The summed E-state index contributed by atoms with van der Waals surface area (Å²) in [6.07, 6.45) is 3.59. The molecule has 1 aromatic heterocycles. The van der Waals surface area contributed by atoms with Gasteiger partial charge in [0, 0.05) is 16.2 Å². The molecule has 0 aliphatic carbocycles. The summed E-state index contributed by atoms with van der Waals surface area (Å²) in [7, 11) is 0. The molecule has 0 unspecified atom stereocenters. The van der Waals surface area contributed by atoms with Crippen LogP contribution in [-0.4, -0.2) is 10.6 Å². The number of hydrogen-bond acceptors (Lipinski definition) is 2. The summed E-state index contributed by atoms with van der Waals surface area (Å²) >= 11 is 3.43. The molecule has 2 nitrogen and oxygen atoms in total. The second-order valence-corrected chi connectivity index (χ2v) is 6.05. The molecule has 0 aliphatic rings. The Kier molecular flexibility index (Phi) is 3.71. The van der Waals surface area contributed by atoms with Gasteiger partial charge in [0.05, 0.1) is 6.20 Å². The van der Waals surface area contributed by atoms with Crippen molar-refractivity contribution in [2.24, 2.45) is 0 Å². The van der Waals surface area contributed by atoms with E-state index in [2.05, 4.69) is 33.0 Å². The summed E-state index contributed by atoms with van der Waals surface area (Å²) in [5, 5.41) is 0. The van der Waals surface area contributed by atoms with Crippen molar-refractivity contribution in [3.8, 4) is 16.9 Å². The quantitative estimate of drug-likeness (QED) is 0.803. The summed E-state index contributed by atoms with van der Waals surface area (Å²) < 4.78 is 6.89. The van der Waals surface area contributed by atoms with Crippen molar-refractivity contribution < 1.29 is 4.74 Å². The monoisotopic (exact) mass is 305 g/mol. The molecular formula is C15H16BrNO. The normalized spacial score (nSPS) is 11.3. The van der Waals surface area contributed by atoms with E-state index in [9.17, 15) is 0 Å². The van der Waals surface area contributed by atoms with Crippen LogP contribution in [0, 0.1) is 0 Å². The zero-order valence-electron chi connectivity index (χ0n) is 10.8. The smallest absolute Gasteiger partial charge is 0.138 e. The molecule has 1 aromatic carbocycles. The minimum absolute atomic E-state index is 0.208. The molecular weight excluding hydrogens is 290 g/mol. The van der Waals surface area contributed by atoms with Gasteiger partial charge in [-0.3, -0.25) is 4.98 Å². The largest absolute Gasteiger partial charge is 0.487 e. The second-order valence-electron chi connectivity index (χ2n) is 5.13. The maximum Gasteiger partial charge on any atom is 0.138 e. The predicted octanol–water partition coefficient (Wildman–Crippen LogP) is 4.69. The molecule has 0 fully saturated rings. The SMILES string of the molecule is CC(C)(C)Oc1cncc(-c2ccc(Br)cc2)c1. The number of rotatable bonds is 2. The number of pyridine rings is 1. The summed E-state index contributed by atoms with van der Waals surface area (Å²) in [5.41, 5.74) is 1.98. The number of benzene rings is 1. The van der Waals surface area contributed by atoms with Gasteiger partial charge in [-0.15, -0.1) is 0 Å². The highest BCUT2D eigenvalue weighted by Crippen LogP contribution is 2.25. The molecule has 3 heteroatoms. The van der Waals surface area contributed by atoms with Crippen LogP contribution in [0.4, 0.5) is 0 Å². The standard InChI is InChI=1S/C15H16BrNO/c1-15(2,3)18-14-8-12(9-17-10-14)11-4-6-13(16)7-5-11/h4-10H,1-3H3. The van der Waals surface area contributed by atoms with Crippen molar-refractivity contribution >= 4 is 15.9 Å². The van der Waals surface area contributed by atoms with Gasteiger partial charge in [0.25, 0.3) is 0 Å². The highest BCUT2D eigenvalue weighted by atomic mass is 79.9. The first-order chi connectivity index (χ1) is 8.44. The first kappa shape index (κ1) is 13.1. The molecule has 0 amide bonds. The molecule has 0 spiro atoms. The summed E-state index contributed by atoms with van der Waals surface area (Å²) in [5.74, 6) is 0.794. The van der Waals surface area contributed by atoms with E-state index in [4.69, 9.17) is 4.74 Å². The molecule has 2 aromatic rings. The van der Waals surface area contributed by atoms with Gasteiger partial charge in [-0.25, -0.2) is 0 Å². The van der Waals surface area contributed by atoms with Gasteiger partial charge in [-0.1, -0.05) is 28.1 Å². The number of aromatic nitrogens is 1. The Balaban J connectivity index is 2.29. The average Bonchev–Trinajstić information content (AvgIpc) is 2.28. The maximum atomic E-state index is 5.82. The summed E-state index contributed by atoms with van der Waals surface area (Å²) in [6.45, 7) is 6.08. The second kappa shape index (κ2) is 5.11.